The zero-order valence-electron chi connectivity index (χ0n) is 18.9. The van der Waals surface area contributed by atoms with Crippen LogP contribution in [0.5, 0.6) is 0 Å². The van der Waals surface area contributed by atoms with E-state index in [1.165, 1.54) is 0 Å². The van der Waals surface area contributed by atoms with Crippen molar-refractivity contribution in [3.8, 4) is 0 Å². The molecule has 0 saturated carbocycles. The van der Waals surface area contributed by atoms with Crippen LogP contribution in [0.25, 0.3) is 0 Å². The monoisotopic (exact) mass is 402 g/mol. The van der Waals surface area contributed by atoms with E-state index < -0.39 is 5.60 Å². The van der Waals surface area contributed by atoms with Gasteiger partial charge in [0.1, 0.15) is 5.60 Å². The number of likely N-dealkylation sites (tertiary alicyclic amines) is 2. The highest BCUT2D eigenvalue weighted by atomic mass is 32.1. The second kappa shape index (κ2) is 14.8. The van der Waals surface area contributed by atoms with Crippen LogP contribution in [0.2, 0.25) is 0 Å². The zero-order chi connectivity index (χ0) is 21.6. The fraction of sp³-hybridized carbons (Fsp3) is 0.850. The van der Waals surface area contributed by atoms with Crippen molar-refractivity contribution in [1.29, 1.82) is 5.41 Å². The van der Waals surface area contributed by atoms with Gasteiger partial charge in [0.15, 0.2) is 0 Å². The number of nitrogens with zero attached hydrogens (tertiary/aromatic N) is 3. The molecule has 2 aliphatic heterocycles. The second-order valence-electron chi connectivity index (χ2n) is 6.85. The van der Waals surface area contributed by atoms with E-state index in [4.69, 9.17) is 10.1 Å². The van der Waals surface area contributed by atoms with E-state index in [0.29, 0.717) is 17.8 Å². The number of carbonyl (C=O) groups excluding carboxylic acids is 1. The van der Waals surface area contributed by atoms with Gasteiger partial charge in [-0.15, -0.1) is 0 Å². The maximum Gasteiger partial charge on any atom is 0.410 e. The Balaban J connectivity index is 0. The lowest BCUT2D eigenvalue weighted by Crippen LogP contribution is -2.38. The van der Waals surface area contributed by atoms with E-state index in [1.807, 2.05) is 60.3 Å². The molecule has 0 bridgehead atoms. The molecule has 2 heterocycles. The van der Waals surface area contributed by atoms with Crippen LogP contribution in [0.3, 0.4) is 0 Å². The number of ether oxygens (including phenoxy) is 1. The van der Waals surface area contributed by atoms with E-state index in [0.717, 1.165) is 32.6 Å². The van der Waals surface area contributed by atoms with Gasteiger partial charge >= 0.3 is 6.09 Å². The fourth-order valence-corrected chi connectivity index (χ4v) is 2.90. The average molecular weight is 403 g/mol. The van der Waals surface area contributed by atoms with Crippen LogP contribution in [0.4, 0.5) is 4.79 Å². The summed E-state index contributed by atoms with van der Waals surface area (Å²) in [6.07, 6.45) is 4.08. The van der Waals surface area contributed by atoms with Crippen LogP contribution >= 0.6 is 12.6 Å². The minimum atomic E-state index is -0.447. The van der Waals surface area contributed by atoms with Crippen molar-refractivity contribution >= 4 is 30.9 Å². The molecule has 0 aromatic heterocycles. The molecule has 2 unspecified atom stereocenters. The van der Waals surface area contributed by atoms with Crippen LogP contribution < -0.4 is 0 Å². The largest absolute Gasteiger partial charge is 0.444 e. The van der Waals surface area contributed by atoms with Gasteiger partial charge in [0.25, 0.3) is 0 Å². The summed E-state index contributed by atoms with van der Waals surface area (Å²) < 4.78 is 5.42. The van der Waals surface area contributed by atoms with Crippen molar-refractivity contribution in [3.05, 3.63) is 0 Å². The zero-order valence-corrected chi connectivity index (χ0v) is 19.8. The third kappa shape index (κ3) is 10.0. The summed E-state index contributed by atoms with van der Waals surface area (Å²) in [4.78, 5) is 20.0. The van der Waals surface area contributed by atoms with Crippen molar-refractivity contribution in [3.63, 3.8) is 0 Å². The molecule has 7 heteroatoms. The lowest BCUT2D eigenvalue weighted by atomic mass is 10.0. The van der Waals surface area contributed by atoms with Gasteiger partial charge in [-0.25, -0.2) is 9.79 Å². The van der Waals surface area contributed by atoms with Gasteiger partial charge in [-0.1, -0.05) is 34.6 Å². The lowest BCUT2D eigenvalue weighted by Gasteiger charge is -2.26. The highest BCUT2D eigenvalue weighted by Gasteiger charge is 2.43. The smallest absolute Gasteiger partial charge is 0.410 e. The van der Waals surface area contributed by atoms with Gasteiger partial charge in [0.2, 0.25) is 5.96 Å². The first kappa shape index (κ1) is 28.0. The number of fused-ring (bicyclic) bond motifs is 1. The van der Waals surface area contributed by atoms with Crippen LogP contribution in [0.15, 0.2) is 4.99 Å². The highest BCUT2D eigenvalue weighted by Crippen LogP contribution is 2.32. The number of nitrogens with one attached hydrogen (secondary N) is 1. The maximum atomic E-state index is 12.1. The summed E-state index contributed by atoms with van der Waals surface area (Å²) in [5.74, 6) is 1.19. The summed E-state index contributed by atoms with van der Waals surface area (Å²) in [5.41, 5.74) is -0.447. The quantitative estimate of drug-likeness (QED) is 0.376. The molecule has 0 aromatic carbocycles. The number of guanidine groups is 1. The molecule has 1 amide bonds. The Hall–Kier alpha value is -1.24. The van der Waals surface area contributed by atoms with Gasteiger partial charge in [0.05, 0.1) is 0 Å². The van der Waals surface area contributed by atoms with Crippen LogP contribution in [0, 0.1) is 17.2 Å². The van der Waals surface area contributed by atoms with Gasteiger partial charge in [-0.05, 0) is 33.4 Å². The van der Waals surface area contributed by atoms with Crippen LogP contribution in [-0.2, 0) is 4.74 Å². The van der Waals surface area contributed by atoms with Gasteiger partial charge in [-0.2, -0.15) is 12.6 Å². The normalized spacial score (nSPS) is 20.5. The van der Waals surface area contributed by atoms with Crippen molar-refractivity contribution in [2.24, 2.45) is 16.8 Å². The molecule has 2 atom stereocenters. The number of amides is 1. The Bertz CT molecular complexity index is 436. The standard InChI is InChI=1S/C15H26N4O2.2C2H6.CH4S/c1-5-6-17-13(16)18-7-11-9-19(10-12(11)8-18)14(20)21-15(2,3)4;3*1-2/h6,11-12,16H,5,7-10H2,1-4H3;2*1-2H3;2H,1H3/b16-13?,17-6-;;;. The second-order valence-corrected chi connectivity index (χ2v) is 6.85. The third-order valence-electron chi connectivity index (χ3n) is 3.83. The van der Waals surface area contributed by atoms with Crippen LogP contribution in [-0.4, -0.2) is 66.1 Å². The first-order valence-electron chi connectivity index (χ1n) is 10.1. The Morgan fingerprint density at radius 1 is 1.07 bits per heavy atom. The lowest BCUT2D eigenvalue weighted by molar-refractivity contribution is 0.0278. The molecular weight excluding hydrogens is 360 g/mol. The first-order chi connectivity index (χ1) is 12.8. The topological polar surface area (TPSA) is 69.0 Å². The molecule has 6 nitrogen and oxygen atoms in total. The molecule has 0 aromatic rings. The first-order valence-corrected chi connectivity index (χ1v) is 11.0. The third-order valence-corrected chi connectivity index (χ3v) is 3.83. The number of thiol groups is 1. The molecule has 27 heavy (non-hydrogen) atoms. The Kier molecular flexibility index (Phi) is 15.3. The summed E-state index contributed by atoms with van der Waals surface area (Å²) in [7, 11) is 0. The number of hydrogen-bond acceptors (Lipinski definition) is 4. The summed E-state index contributed by atoms with van der Waals surface area (Å²) in [6, 6.07) is 0. The fourth-order valence-electron chi connectivity index (χ4n) is 2.90. The number of carbonyl (C=O) groups is 1. The number of hydrogen-bond donors (Lipinski definition) is 2. The van der Waals surface area contributed by atoms with E-state index in [-0.39, 0.29) is 6.09 Å². The van der Waals surface area contributed by atoms with E-state index >= 15 is 0 Å². The Labute approximate surface area is 172 Å². The van der Waals surface area contributed by atoms with Crippen molar-refractivity contribution in [2.45, 2.75) is 67.4 Å². The highest BCUT2D eigenvalue weighted by molar-refractivity contribution is 7.79. The Morgan fingerprint density at radius 3 is 1.85 bits per heavy atom. The predicted octanol–water partition coefficient (Wildman–Crippen LogP) is 4.80. The van der Waals surface area contributed by atoms with Crippen LogP contribution in [0.1, 0.15) is 61.8 Å². The molecule has 160 valence electrons. The van der Waals surface area contributed by atoms with E-state index in [1.54, 1.807) is 17.4 Å². The summed E-state index contributed by atoms with van der Waals surface area (Å²) in [5, 5.41) is 7.94. The molecule has 2 aliphatic rings. The number of aliphatic imine (C=N–C) groups is 1. The minimum Gasteiger partial charge on any atom is -0.444 e. The molecule has 0 aliphatic carbocycles. The van der Waals surface area contributed by atoms with E-state index in [9.17, 15) is 4.79 Å². The van der Waals surface area contributed by atoms with Crippen molar-refractivity contribution < 1.29 is 9.53 Å². The molecule has 1 N–H and O–H groups in total. The minimum absolute atomic E-state index is 0.220. The van der Waals surface area contributed by atoms with Gasteiger partial charge < -0.3 is 14.5 Å². The average Bonchev–Trinajstić information content (AvgIpc) is 3.22. The molecule has 0 spiro atoms. The Morgan fingerprint density at radius 2 is 1.48 bits per heavy atom. The van der Waals surface area contributed by atoms with Gasteiger partial charge in [0, 0.05) is 44.2 Å². The van der Waals surface area contributed by atoms with Gasteiger partial charge in [-0.3, -0.25) is 5.41 Å². The molecule has 2 fully saturated rings. The van der Waals surface area contributed by atoms with E-state index in [2.05, 4.69) is 17.6 Å². The SMILES string of the molecule is CC.CC.CC/C=N\C(=N)N1CC2CN(C(=O)OC(C)(C)C)CC2C1.CS. The maximum absolute atomic E-state index is 12.1. The van der Waals surface area contributed by atoms with Crippen molar-refractivity contribution in [2.75, 3.05) is 32.4 Å². The molecule has 2 rings (SSSR count). The molecule has 2 saturated heterocycles. The summed E-state index contributed by atoms with van der Waals surface area (Å²) >= 11 is 3.53. The predicted molar refractivity (Wildman–Crippen MR) is 120 cm³/mol. The molecular formula is C20H42N4O2S. The van der Waals surface area contributed by atoms with Crippen molar-refractivity contribution in [1.82, 2.24) is 9.80 Å². The number of rotatable bonds is 1. The summed E-state index contributed by atoms with van der Waals surface area (Å²) in [6.45, 7) is 18.7. The molecule has 0 radical (unpaired) electrons.